The maximum absolute atomic E-state index is 12.8. The lowest BCUT2D eigenvalue weighted by Crippen LogP contribution is -2.30. The number of rotatable bonds is 48. The van der Waals surface area contributed by atoms with Crippen LogP contribution in [0.15, 0.2) is 0 Å². The van der Waals surface area contributed by atoms with Gasteiger partial charge in [-0.15, -0.1) is 0 Å². The van der Waals surface area contributed by atoms with Crippen molar-refractivity contribution >= 4 is 17.9 Å². The first-order valence-corrected chi connectivity index (χ1v) is 26.4. The zero-order valence-electron chi connectivity index (χ0n) is 40.2. The number of unbranched alkanes of at least 4 members (excludes halogenated alkanes) is 35. The predicted octanol–water partition coefficient (Wildman–Crippen LogP) is 17.1. The Bertz CT molecular complexity index is 887. The highest BCUT2D eigenvalue weighted by atomic mass is 16.6. The quantitative estimate of drug-likeness (QED) is 0.0345. The van der Waals surface area contributed by atoms with E-state index in [2.05, 4.69) is 27.7 Å². The molecule has 6 nitrogen and oxygen atoms in total. The van der Waals surface area contributed by atoms with Gasteiger partial charge in [-0.05, 0) is 25.2 Å². The molecule has 0 unspecified atom stereocenters. The molecule has 0 N–H and O–H groups in total. The van der Waals surface area contributed by atoms with E-state index < -0.39 is 6.10 Å². The van der Waals surface area contributed by atoms with Crippen LogP contribution in [0.5, 0.6) is 0 Å². The van der Waals surface area contributed by atoms with Crippen molar-refractivity contribution in [2.24, 2.45) is 5.92 Å². The summed E-state index contributed by atoms with van der Waals surface area (Å²) in [6, 6.07) is 0. The zero-order valence-corrected chi connectivity index (χ0v) is 40.2. The summed E-state index contributed by atoms with van der Waals surface area (Å²) in [6.45, 7) is 9.03. The second-order valence-corrected chi connectivity index (χ2v) is 18.6. The minimum atomic E-state index is -0.760. The first-order chi connectivity index (χ1) is 28.9. The molecule has 0 amide bonds. The molecule has 0 fully saturated rings. The molecule has 0 spiro atoms. The van der Waals surface area contributed by atoms with Gasteiger partial charge in [-0.25, -0.2) is 0 Å². The topological polar surface area (TPSA) is 78.9 Å². The first kappa shape index (κ1) is 57.4. The summed E-state index contributed by atoms with van der Waals surface area (Å²) >= 11 is 0. The minimum absolute atomic E-state index is 0.0625. The molecule has 0 bridgehead atoms. The van der Waals surface area contributed by atoms with Crippen LogP contribution in [0.4, 0.5) is 0 Å². The van der Waals surface area contributed by atoms with Crippen molar-refractivity contribution in [3.63, 3.8) is 0 Å². The zero-order chi connectivity index (χ0) is 43.1. The average molecular weight is 835 g/mol. The Morgan fingerprint density at radius 2 is 0.559 bits per heavy atom. The highest BCUT2D eigenvalue weighted by Crippen LogP contribution is 2.17. The summed E-state index contributed by atoms with van der Waals surface area (Å²) in [6.07, 6.45) is 49.4. The standard InChI is InChI=1S/C53H102O6/c1-5-7-9-11-13-15-17-21-26-30-34-38-42-46-53(56)59-50(47-57-51(54)44-40-36-32-28-16-14-12-10-8-6-2)48-58-52(55)45-41-37-33-29-25-23-20-18-19-22-24-27-31-35-39-43-49(3)4/h49-50H,5-48H2,1-4H3/t50-/m1/s1. The van der Waals surface area contributed by atoms with Crippen LogP contribution in [0.2, 0.25) is 0 Å². The molecule has 0 aliphatic rings. The van der Waals surface area contributed by atoms with Crippen LogP contribution in [0.1, 0.15) is 297 Å². The SMILES string of the molecule is CCCCCCCCCCCCCCCC(=O)O[C@H](COC(=O)CCCCCCCCCCCC)COC(=O)CCCCCCCCCCCCCCCCCC(C)C. The van der Waals surface area contributed by atoms with E-state index in [-0.39, 0.29) is 31.1 Å². The summed E-state index contributed by atoms with van der Waals surface area (Å²) < 4.78 is 16.8. The van der Waals surface area contributed by atoms with Gasteiger partial charge in [-0.3, -0.25) is 14.4 Å². The van der Waals surface area contributed by atoms with E-state index in [4.69, 9.17) is 14.2 Å². The summed E-state index contributed by atoms with van der Waals surface area (Å²) in [4.78, 5) is 37.9. The maximum atomic E-state index is 12.8. The Morgan fingerprint density at radius 3 is 0.831 bits per heavy atom. The number of hydrogen-bond acceptors (Lipinski definition) is 6. The van der Waals surface area contributed by atoms with Crippen LogP contribution in [0.3, 0.4) is 0 Å². The fourth-order valence-electron chi connectivity index (χ4n) is 8.04. The molecule has 0 aliphatic carbocycles. The Balaban J connectivity index is 4.25. The van der Waals surface area contributed by atoms with Crippen LogP contribution < -0.4 is 0 Å². The van der Waals surface area contributed by atoms with Crippen LogP contribution in [-0.2, 0) is 28.6 Å². The number of carbonyl (C=O) groups is 3. The number of ether oxygens (including phenoxy) is 3. The smallest absolute Gasteiger partial charge is 0.306 e. The third-order valence-electron chi connectivity index (χ3n) is 12.0. The van der Waals surface area contributed by atoms with Crippen molar-refractivity contribution in [2.45, 2.75) is 303 Å². The lowest BCUT2D eigenvalue weighted by molar-refractivity contribution is -0.167. The van der Waals surface area contributed by atoms with Crippen molar-refractivity contribution in [1.29, 1.82) is 0 Å². The van der Waals surface area contributed by atoms with Gasteiger partial charge in [0, 0.05) is 19.3 Å². The van der Waals surface area contributed by atoms with Gasteiger partial charge in [-0.1, -0.05) is 259 Å². The van der Waals surface area contributed by atoms with Crippen molar-refractivity contribution < 1.29 is 28.6 Å². The fourth-order valence-corrected chi connectivity index (χ4v) is 8.04. The molecular formula is C53H102O6. The third-order valence-corrected chi connectivity index (χ3v) is 12.0. The van der Waals surface area contributed by atoms with E-state index in [9.17, 15) is 14.4 Å². The fraction of sp³-hybridized carbons (Fsp3) is 0.943. The van der Waals surface area contributed by atoms with E-state index in [0.717, 1.165) is 63.7 Å². The van der Waals surface area contributed by atoms with Crippen LogP contribution in [-0.4, -0.2) is 37.2 Å². The van der Waals surface area contributed by atoms with Gasteiger partial charge in [0.25, 0.3) is 0 Å². The Labute approximate surface area is 368 Å². The lowest BCUT2D eigenvalue weighted by atomic mass is 10.0. The Hall–Kier alpha value is -1.59. The van der Waals surface area contributed by atoms with E-state index in [0.29, 0.717) is 19.3 Å². The van der Waals surface area contributed by atoms with E-state index >= 15 is 0 Å². The second kappa shape index (κ2) is 47.5. The number of hydrogen-bond donors (Lipinski definition) is 0. The molecular weight excluding hydrogens is 733 g/mol. The van der Waals surface area contributed by atoms with Gasteiger partial charge >= 0.3 is 17.9 Å². The molecule has 0 aromatic heterocycles. The molecule has 0 aromatic rings. The summed E-state index contributed by atoms with van der Waals surface area (Å²) in [7, 11) is 0. The number of esters is 3. The highest BCUT2D eigenvalue weighted by Gasteiger charge is 2.19. The van der Waals surface area contributed by atoms with Gasteiger partial charge in [-0.2, -0.15) is 0 Å². The van der Waals surface area contributed by atoms with Gasteiger partial charge in [0.15, 0.2) is 6.10 Å². The van der Waals surface area contributed by atoms with Crippen LogP contribution >= 0.6 is 0 Å². The van der Waals surface area contributed by atoms with Crippen LogP contribution in [0.25, 0.3) is 0 Å². The molecule has 350 valence electrons. The molecule has 1 atom stereocenters. The van der Waals surface area contributed by atoms with Gasteiger partial charge < -0.3 is 14.2 Å². The minimum Gasteiger partial charge on any atom is -0.462 e. The predicted molar refractivity (Wildman–Crippen MR) is 252 cm³/mol. The monoisotopic (exact) mass is 835 g/mol. The maximum Gasteiger partial charge on any atom is 0.306 e. The van der Waals surface area contributed by atoms with E-state index in [1.54, 1.807) is 0 Å². The summed E-state index contributed by atoms with van der Waals surface area (Å²) in [5.41, 5.74) is 0. The molecule has 6 heteroatoms. The largest absolute Gasteiger partial charge is 0.462 e. The second-order valence-electron chi connectivity index (χ2n) is 18.6. The van der Waals surface area contributed by atoms with Crippen molar-refractivity contribution in [3.05, 3.63) is 0 Å². The van der Waals surface area contributed by atoms with Crippen LogP contribution in [0, 0.1) is 5.92 Å². The van der Waals surface area contributed by atoms with E-state index in [1.807, 2.05) is 0 Å². The molecule has 59 heavy (non-hydrogen) atoms. The first-order valence-electron chi connectivity index (χ1n) is 26.4. The molecule has 0 aliphatic heterocycles. The van der Waals surface area contributed by atoms with Gasteiger partial charge in [0.1, 0.15) is 13.2 Å². The third kappa shape index (κ3) is 47.3. The molecule has 0 aromatic carbocycles. The molecule has 0 rings (SSSR count). The Morgan fingerprint density at radius 1 is 0.322 bits per heavy atom. The van der Waals surface area contributed by atoms with Crippen molar-refractivity contribution in [2.75, 3.05) is 13.2 Å². The number of carbonyl (C=O) groups excluding carboxylic acids is 3. The van der Waals surface area contributed by atoms with E-state index in [1.165, 1.54) is 193 Å². The Kier molecular flexibility index (Phi) is 46.2. The average Bonchev–Trinajstić information content (AvgIpc) is 3.22. The molecule has 0 heterocycles. The van der Waals surface area contributed by atoms with Gasteiger partial charge in [0.2, 0.25) is 0 Å². The highest BCUT2D eigenvalue weighted by molar-refractivity contribution is 5.71. The summed E-state index contributed by atoms with van der Waals surface area (Å²) in [5.74, 6) is 0.00524. The molecule has 0 saturated carbocycles. The molecule has 0 saturated heterocycles. The summed E-state index contributed by atoms with van der Waals surface area (Å²) in [5, 5.41) is 0. The normalized spacial score (nSPS) is 11.9. The lowest BCUT2D eigenvalue weighted by Gasteiger charge is -2.18. The van der Waals surface area contributed by atoms with Gasteiger partial charge in [0.05, 0.1) is 0 Å². The van der Waals surface area contributed by atoms with Crippen molar-refractivity contribution in [3.8, 4) is 0 Å². The molecule has 0 radical (unpaired) electrons. The van der Waals surface area contributed by atoms with Crippen molar-refractivity contribution in [1.82, 2.24) is 0 Å².